The van der Waals surface area contributed by atoms with Crippen molar-refractivity contribution in [1.82, 2.24) is 10.6 Å². The maximum Gasteiger partial charge on any atom is 0.351 e. The highest BCUT2D eigenvalue weighted by molar-refractivity contribution is 6.44. The first kappa shape index (κ1) is 4.76. The summed E-state index contributed by atoms with van der Waals surface area (Å²) >= 11 is 0. The Labute approximate surface area is 44.0 Å². The predicted octanol–water partition coefficient (Wildman–Crippen LogP) is -1.63. The van der Waals surface area contributed by atoms with Crippen LogP contribution in [0.4, 0.5) is 4.79 Å². The van der Waals surface area contributed by atoms with Gasteiger partial charge in [0.25, 0.3) is 0 Å². The highest BCUT2D eigenvalue weighted by Crippen LogP contribution is 1.81. The number of rotatable bonds is 0. The van der Waals surface area contributed by atoms with Crippen LogP contribution in [0.15, 0.2) is 0 Å². The molecule has 1 N–H and O–H groups in total. The molecule has 5 nitrogen and oxygen atoms in total. The molecule has 0 saturated carbocycles. The molecule has 0 aliphatic carbocycles. The zero-order valence-electron chi connectivity index (χ0n) is 3.67. The van der Waals surface area contributed by atoms with Gasteiger partial charge in [-0.25, -0.2) is 4.79 Å². The third-order valence-corrected chi connectivity index (χ3v) is 0.618. The second kappa shape index (κ2) is 1.29. The van der Waals surface area contributed by atoms with Crippen LogP contribution in [0.1, 0.15) is 0 Å². The zero-order valence-corrected chi connectivity index (χ0v) is 3.67. The topological polar surface area (TPSA) is 77.3 Å². The number of imide groups is 2. The third-order valence-electron chi connectivity index (χ3n) is 0.618. The average Bonchev–Trinajstić information content (AvgIpc) is 1.85. The van der Waals surface area contributed by atoms with Gasteiger partial charge in [-0.05, 0) is 0 Å². The van der Waals surface area contributed by atoms with Crippen LogP contribution in [-0.2, 0) is 9.59 Å². The fraction of sp³-hybridized carbons (Fsp3) is 0. The van der Waals surface area contributed by atoms with E-state index in [4.69, 9.17) is 0 Å². The molecule has 1 fully saturated rings. The van der Waals surface area contributed by atoms with Crippen LogP contribution >= 0.6 is 0 Å². The van der Waals surface area contributed by atoms with Gasteiger partial charge in [-0.15, -0.1) is 5.32 Å². The number of hydrogen-bond acceptors (Lipinski definition) is 3. The molecule has 0 unspecified atom stereocenters. The molecule has 1 radical (unpaired) electrons. The van der Waals surface area contributed by atoms with Gasteiger partial charge in [-0.3, -0.25) is 14.9 Å². The van der Waals surface area contributed by atoms with Gasteiger partial charge in [0, 0.05) is 0 Å². The van der Waals surface area contributed by atoms with Crippen molar-refractivity contribution in [2.24, 2.45) is 0 Å². The van der Waals surface area contributed by atoms with Crippen molar-refractivity contribution >= 4 is 17.8 Å². The van der Waals surface area contributed by atoms with E-state index in [0.29, 0.717) is 0 Å². The van der Waals surface area contributed by atoms with Crippen molar-refractivity contribution in [2.75, 3.05) is 0 Å². The molecule has 41 valence electrons. The van der Waals surface area contributed by atoms with Crippen LogP contribution in [0.5, 0.6) is 0 Å². The highest BCUT2D eigenvalue weighted by atomic mass is 16.2. The van der Waals surface area contributed by atoms with E-state index in [2.05, 4.69) is 5.32 Å². The van der Waals surface area contributed by atoms with Gasteiger partial charge >= 0.3 is 17.8 Å². The molecule has 1 heterocycles. The van der Waals surface area contributed by atoms with E-state index in [1.54, 1.807) is 5.32 Å². The van der Waals surface area contributed by atoms with E-state index >= 15 is 0 Å². The fourth-order valence-corrected chi connectivity index (χ4v) is 0.322. The Kier molecular flexibility index (Phi) is 0.768. The van der Waals surface area contributed by atoms with Crippen molar-refractivity contribution in [3.8, 4) is 0 Å². The van der Waals surface area contributed by atoms with E-state index in [9.17, 15) is 14.4 Å². The summed E-state index contributed by atoms with van der Waals surface area (Å²) in [6.07, 6.45) is 0. The Morgan fingerprint density at radius 1 is 1.25 bits per heavy atom. The van der Waals surface area contributed by atoms with Crippen LogP contribution in [0.3, 0.4) is 0 Å². The maximum atomic E-state index is 10.0. The van der Waals surface area contributed by atoms with E-state index in [1.807, 2.05) is 0 Å². The lowest BCUT2D eigenvalue weighted by molar-refractivity contribution is -0.136. The summed E-state index contributed by atoms with van der Waals surface area (Å²) in [5.41, 5.74) is 0. The Bertz CT molecular complexity index is 155. The van der Waals surface area contributed by atoms with Crippen molar-refractivity contribution in [2.45, 2.75) is 0 Å². The number of carbonyl (C=O) groups is 3. The summed E-state index contributed by atoms with van der Waals surface area (Å²) < 4.78 is 0. The molecule has 1 aliphatic heterocycles. The minimum Gasteiger partial charge on any atom is -0.268 e. The number of nitrogens with zero attached hydrogens (tertiary/aromatic N) is 1. The van der Waals surface area contributed by atoms with Gasteiger partial charge < -0.3 is 0 Å². The minimum absolute atomic E-state index is 0.875. The molecule has 1 rings (SSSR count). The average molecular weight is 113 g/mol. The van der Waals surface area contributed by atoms with Gasteiger partial charge in [-0.2, -0.15) is 0 Å². The van der Waals surface area contributed by atoms with Crippen LogP contribution in [0, 0.1) is 0 Å². The van der Waals surface area contributed by atoms with Crippen LogP contribution in [0.25, 0.3) is 0 Å². The van der Waals surface area contributed by atoms with E-state index in [-0.39, 0.29) is 0 Å². The molecule has 8 heavy (non-hydrogen) atoms. The molecule has 0 spiro atoms. The molecule has 0 aromatic rings. The van der Waals surface area contributed by atoms with Crippen LogP contribution in [-0.4, -0.2) is 17.8 Å². The first-order chi connectivity index (χ1) is 3.70. The van der Waals surface area contributed by atoms with E-state index in [1.165, 1.54) is 0 Å². The smallest absolute Gasteiger partial charge is 0.268 e. The number of hydrogen-bond donors (Lipinski definition) is 1. The normalized spacial score (nSPS) is 18.2. The summed E-state index contributed by atoms with van der Waals surface area (Å²) in [7, 11) is 0. The summed E-state index contributed by atoms with van der Waals surface area (Å²) in [6.45, 7) is 0. The van der Waals surface area contributed by atoms with Crippen molar-refractivity contribution in [1.29, 1.82) is 0 Å². The quantitative estimate of drug-likeness (QED) is 0.302. The standard InChI is InChI=1S/C3HN2O3/c6-1-2(7)5-3(8)4-1/h(H,4,6,8). The van der Waals surface area contributed by atoms with E-state index < -0.39 is 17.8 Å². The first-order valence-corrected chi connectivity index (χ1v) is 1.81. The monoisotopic (exact) mass is 113 g/mol. The lowest BCUT2D eigenvalue weighted by Gasteiger charge is -1.74. The third kappa shape index (κ3) is 0.534. The molecule has 0 atom stereocenters. The van der Waals surface area contributed by atoms with Crippen molar-refractivity contribution in [3.63, 3.8) is 0 Å². The first-order valence-electron chi connectivity index (χ1n) is 1.81. The van der Waals surface area contributed by atoms with Gasteiger partial charge in [0.1, 0.15) is 0 Å². The molecular weight excluding hydrogens is 112 g/mol. The zero-order chi connectivity index (χ0) is 6.15. The summed E-state index contributed by atoms with van der Waals surface area (Å²) in [4.78, 5) is 29.9. The predicted molar refractivity (Wildman–Crippen MR) is 20.7 cm³/mol. The molecule has 0 aromatic heterocycles. The van der Waals surface area contributed by atoms with Crippen LogP contribution in [0.2, 0.25) is 0 Å². The second-order valence-corrected chi connectivity index (χ2v) is 1.18. The van der Waals surface area contributed by atoms with Crippen molar-refractivity contribution in [3.05, 3.63) is 0 Å². The summed E-state index contributed by atoms with van der Waals surface area (Å²) in [5, 5.41) is 4.40. The number of urea groups is 1. The number of amides is 4. The maximum absolute atomic E-state index is 10.0. The minimum atomic E-state index is -1.02. The number of nitrogens with one attached hydrogen (secondary N) is 1. The molecule has 4 amide bonds. The Balaban J connectivity index is 2.79. The Morgan fingerprint density at radius 3 is 2.00 bits per heavy atom. The molecule has 1 saturated heterocycles. The van der Waals surface area contributed by atoms with Crippen molar-refractivity contribution < 1.29 is 14.4 Å². The lowest BCUT2D eigenvalue weighted by Crippen LogP contribution is -2.20. The van der Waals surface area contributed by atoms with Gasteiger partial charge in [0.2, 0.25) is 0 Å². The van der Waals surface area contributed by atoms with Gasteiger partial charge in [-0.1, -0.05) is 0 Å². The summed E-state index contributed by atoms with van der Waals surface area (Å²) in [5.74, 6) is -1.97. The SMILES string of the molecule is O=C1[N]C(=O)C(=O)N1. The van der Waals surface area contributed by atoms with Gasteiger partial charge in [0.05, 0.1) is 0 Å². The van der Waals surface area contributed by atoms with E-state index in [0.717, 1.165) is 0 Å². The lowest BCUT2D eigenvalue weighted by atomic mass is 10.6. The molecule has 0 bridgehead atoms. The Morgan fingerprint density at radius 2 is 1.88 bits per heavy atom. The van der Waals surface area contributed by atoms with Gasteiger partial charge in [0.15, 0.2) is 0 Å². The highest BCUT2D eigenvalue weighted by Gasteiger charge is 2.28. The molecule has 5 heteroatoms. The second-order valence-electron chi connectivity index (χ2n) is 1.18. The Hall–Kier alpha value is -1.39. The molecular formula is C3HN2O3. The fourth-order valence-electron chi connectivity index (χ4n) is 0.322. The van der Waals surface area contributed by atoms with Crippen LogP contribution < -0.4 is 10.6 Å². The molecule has 1 aliphatic rings. The largest absolute Gasteiger partial charge is 0.351 e. The number of carbonyl (C=O) groups excluding carboxylic acids is 3. The molecule has 0 aromatic carbocycles. The summed E-state index contributed by atoms with van der Waals surface area (Å²) in [6, 6.07) is -0.875.